The Balaban J connectivity index is 1.80. The van der Waals surface area contributed by atoms with Gasteiger partial charge in [0, 0.05) is 44.5 Å². The maximum atomic E-state index is 12.8. The fourth-order valence-electron chi connectivity index (χ4n) is 3.45. The van der Waals surface area contributed by atoms with Crippen LogP contribution in [0.4, 0.5) is 5.69 Å². The number of nitrogens with zero attached hydrogens (tertiary/aromatic N) is 2. The molecule has 1 atom stereocenters. The van der Waals surface area contributed by atoms with E-state index in [2.05, 4.69) is 29.2 Å². The van der Waals surface area contributed by atoms with Crippen molar-refractivity contribution >= 4 is 11.6 Å². The Morgan fingerprint density at radius 3 is 2.56 bits per heavy atom. The van der Waals surface area contributed by atoms with Gasteiger partial charge in [0.1, 0.15) is 0 Å². The fraction of sp³-hybridized carbons (Fsp3) is 0.381. The van der Waals surface area contributed by atoms with Crippen molar-refractivity contribution in [1.82, 2.24) is 4.90 Å². The molecule has 0 bridgehead atoms. The van der Waals surface area contributed by atoms with Crippen LogP contribution in [0.25, 0.3) is 11.1 Å². The molecule has 2 aromatic carbocycles. The van der Waals surface area contributed by atoms with Crippen molar-refractivity contribution in [3.63, 3.8) is 0 Å². The van der Waals surface area contributed by atoms with Crippen molar-refractivity contribution in [3.05, 3.63) is 54.1 Å². The van der Waals surface area contributed by atoms with Gasteiger partial charge in [0.2, 0.25) is 0 Å². The summed E-state index contributed by atoms with van der Waals surface area (Å²) in [4.78, 5) is 16.9. The lowest BCUT2D eigenvalue weighted by Gasteiger charge is -2.35. The van der Waals surface area contributed by atoms with Crippen LogP contribution in [0.1, 0.15) is 29.6 Å². The molecule has 1 heterocycles. The fourth-order valence-corrected chi connectivity index (χ4v) is 3.45. The van der Waals surface area contributed by atoms with E-state index in [0.29, 0.717) is 6.54 Å². The first-order chi connectivity index (χ1) is 12.1. The molecule has 4 nitrogen and oxygen atoms in total. The number of hydrogen-bond donors (Lipinski definition) is 1. The van der Waals surface area contributed by atoms with Crippen LogP contribution < -0.4 is 10.6 Å². The van der Waals surface area contributed by atoms with Crippen LogP contribution >= 0.6 is 0 Å². The van der Waals surface area contributed by atoms with Crippen LogP contribution in [-0.4, -0.2) is 44.0 Å². The number of rotatable bonds is 4. The molecule has 0 radical (unpaired) electrons. The predicted octanol–water partition coefficient (Wildman–Crippen LogP) is 3.37. The van der Waals surface area contributed by atoms with Crippen molar-refractivity contribution in [2.75, 3.05) is 32.1 Å². The van der Waals surface area contributed by atoms with Gasteiger partial charge in [-0.3, -0.25) is 4.79 Å². The van der Waals surface area contributed by atoms with Crippen molar-refractivity contribution in [1.29, 1.82) is 0 Å². The first kappa shape index (κ1) is 17.5. The zero-order chi connectivity index (χ0) is 17.8. The zero-order valence-corrected chi connectivity index (χ0v) is 15.1. The highest BCUT2D eigenvalue weighted by molar-refractivity contribution is 5.95. The minimum absolute atomic E-state index is 0.101. The van der Waals surface area contributed by atoms with E-state index in [1.807, 2.05) is 43.3 Å². The molecule has 1 amide bonds. The van der Waals surface area contributed by atoms with Crippen molar-refractivity contribution in [3.8, 4) is 11.1 Å². The molecular weight excluding hydrogens is 310 g/mol. The van der Waals surface area contributed by atoms with Crippen LogP contribution in [0.5, 0.6) is 0 Å². The molecule has 0 unspecified atom stereocenters. The third kappa shape index (κ3) is 3.85. The standard InChI is InChI=1S/C21H27N3O/c1-23(2)19-8-5-6-18(14-19)16-9-11-17(12-10-16)21(25)24-13-4-3-7-20(24)15-22/h5-6,8-12,14,20H,3-4,7,13,15,22H2,1-2H3/t20-/m1/s1. The molecule has 25 heavy (non-hydrogen) atoms. The molecule has 1 aliphatic rings. The van der Waals surface area contributed by atoms with Gasteiger partial charge >= 0.3 is 0 Å². The van der Waals surface area contributed by atoms with E-state index in [-0.39, 0.29) is 11.9 Å². The van der Waals surface area contributed by atoms with Gasteiger partial charge in [0.05, 0.1) is 0 Å². The Labute approximate surface area is 150 Å². The molecule has 0 aromatic heterocycles. The maximum absolute atomic E-state index is 12.8. The third-order valence-electron chi connectivity index (χ3n) is 4.99. The van der Waals surface area contributed by atoms with Crippen LogP contribution in [0.15, 0.2) is 48.5 Å². The van der Waals surface area contributed by atoms with Gasteiger partial charge < -0.3 is 15.5 Å². The number of amides is 1. The summed E-state index contributed by atoms with van der Waals surface area (Å²) >= 11 is 0. The molecule has 2 aromatic rings. The van der Waals surface area contributed by atoms with E-state index in [4.69, 9.17) is 5.73 Å². The molecule has 1 saturated heterocycles. The Kier molecular flexibility index (Phi) is 5.39. The number of likely N-dealkylation sites (tertiary alicyclic amines) is 1. The molecule has 132 valence electrons. The molecule has 0 spiro atoms. The second-order valence-corrected chi connectivity index (χ2v) is 6.91. The van der Waals surface area contributed by atoms with Gasteiger partial charge in [0.15, 0.2) is 0 Å². The lowest BCUT2D eigenvalue weighted by atomic mass is 9.99. The summed E-state index contributed by atoms with van der Waals surface area (Å²) in [6, 6.07) is 16.5. The number of piperidine rings is 1. The van der Waals surface area contributed by atoms with E-state index >= 15 is 0 Å². The SMILES string of the molecule is CN(C)c1cccc(-c2ccc(C(=O)N3CCCC[C@@H]3CN)cc2)c1. The van der Waals surface area contributed by atoms with Crippen LogP contribution in [-0.2, 0) is 0 Å². The van der Waals surface area contributed by atoms with Crippen LogP contribution in [0.2, 0.25) is 0 Å². The third-order valence-corrected chi connectivity index (χ3v) is 4.99. The van der Waals surface area contributed by atoms with Gasteiger partial charge in [-0.05, 0) is 54.7 Å². The zero-order valence-electron chi connectivity index (χ0n) is 15.1. The summed E-state index contributed by atoms with van der Waals surface area (Å²) in [5, 5.41) is 0. The Hall–Kier alpha value is -2.33. The summed E-state index contributed by atoms with van der Waals surface area (Å²) in [7, 11) is 4.07. The van der Waals surface area contributed by atoms with Gasteiger partial charge in [-0.2, -0.15) is 0 Å². The first-order valence-corrected chi connectivity index (χ1v) is 8.99. The summed E-state index contributed by atoms with van der Waals surface area (Å²) in [5.74, 6) is 0.101. The van der Waals surface area contributed by atoms with Gasteiger partial charge in [-0.25, -0.2) is 0 Å². The van der Waals surface area contributed by atoms with E-state index in [9.17, 15) is 4.79 Å². The Morgan fingerprint density at radius 1 is 1.12 bits per heavy atom. The highest BCUT2D eigenvalue weighted by Crippen LogP contribution is 2.25. The van der Waals surface area contributed by atoms with Crippen molar-refractivity contribution < 1.29 is 4.79 Å². The summed E-state index contributed by atoms with van der Waals surface area (Å²) in [6.45, 7) is 1.36. The maximum Gasteiger partial charge on any atom is 0.254 e. The second-order valence-electron chi connectivity index (χ2n) is 6.91. The van der Waals surface area contributed by atoms with Gasteiger partial charge in [0.25, 0.3) is 5.91 Å². The van der Waals surface area contributed by atoms with Crippen LogP contribution in [0, 0.1) is 0 Å². The average Bonchev–Trinajstić information content (AvgIpc) is 2.67. The molecule has 0 saturated carbocycles. The van der Waals surface area contributed by atoms with Gasteiger partial charge in [-0.15, -0.1) is 0 Å². The lowest BCUT2D eigenvalue weighted by Crippen LogP contribution is -2.47. The van der Waals surface area contributed by atoms with Crippen LogP contribution in [0.3, 0.4) is 0 Å². The van der Waals surface area contributed by atoms with E-state index in [0.717, 1.165) is 48.2 Å². The summed E-state index contributed by atoms with van der Waals surface area (Å²) < 4.78 is 0. The number of hydrogen-bond acceptors (Lipinski definition) is 3. The minimum Gasteiger partial charge on any atom is -0.378 e. The number of nitrogens with two attached hydrogens (primary N) is 1. The van der Waals surface area contributed by atoms with Gasteiger partial charge in [-0.1, -0.05) is 24.3 Å². The Bertz CT molecular complexity index is 724. The molecule has 4 heteroatoms. The van der Waals surface area contributed by atoms with Crippen molar-refractivity contribution in [2.24, 2.45) is 5.73 Å². The summed E-state index contributed by atoms with van der Waals surface area (Å²) in [5.41, 5.74) is 10.0. The number of carbonyl (C=O) groups excluding carboxylic acids is 1. The van der Waals surface area contributed by atoms with E-state index in [1.54, 1.807) is 0 Å². The number of anilines is 1. The lowest BCUT2D eigenvalue weighted by molar-refractivity contribution is 0.0623. The normalized spacial score (nSPS) is 17.4. The summed E-state index contributed by atoms with van der Waals surface area (Å²) in [6.07, 6.45) is 3.24. The second kappa shape index (κ2) is 7.70. The molecule has 1 aliphatic heterocycles. The molecule has 1 fully saturated rings. The number of benzene rings is 2. The quantitative estimate of drug-likeness (QED) is 0.930. The Morgan fingerprint density at radius 2 is 1.88 bits per heavy atom. The first-order valence-electron chi connectivity index (χ1n) is 8.99. The highest BCUT2D eigenvalue weighted by atomic mass is 16.2. The average molecular weight is 337 g/mol. The van der Waals surface area contributed by atoms with E-state index < -0.39 is 0 Å². The minimum atomic E-state index is 0.101. The number of carbonyl (C=O) groups is 1. The molecule has 3 rings (SSSR count). The smallest absolute Gasteiger partial charge is 0.254 e. The van der Waals surface area contributed by atoms with E-state index in [1.165, 1.54) is 0 Å². The monoisotopic (exact) mass is 337 g/mol. The molecular formula is C21H27N3O. The predicted molar refractivity (Wildman–Crippen MR) is 104 cm³/mol. The largest absolute Gasteiger partial charge is 0.378 e. The molecule has 0 aliphatic carbocycles. The van der Waals surface area contributed by atoms with Crippen molar-refractivity contribution in [2.45, 2.75) is 25.3 Å². The molecule has 2 N–H and O–H groups in total. The highest BCUT2D eigenvalue weighted by Gasteiger charge is 2.26. The topological polar surface area (TPSA) is 49.6 Å².